The first-order valence-corrected chi connectivity index (χ1v) is 10.6. The number of hydrogen-bond donors (Lipinski definition) is 2. The molecule has 2 atom stereocenters. The fraction of sp³-hybridized carbons (Fsp3) is 0.476. The van der Waals surface area contributed by atoms with Crippen LogP contribution >= 0.6 is 11.8 Å². The van der Waals surface area contributed by atoms with Gasteiger partial charge in [0, 0.05) is 11.7 Å². The molecule has 0 unspecified atom stereocenters. The zero-order chi connectivity index (χ0) is 20.8. The van der Waals surface area contributed by atoms with E-state index in [9.17, 15) is 14.7 Å². The number of anilines is 1. The van der Waals surface area contributed by atoms with Crippen molar-refractivity contribution in [3.8, 4) is 5.88 Å². The van der Waals surface area contributed by atoms with Gasteiger partial charge >= 0.3 is 0 Å². The molecule has 1 aromatic carbocycles. The summed E-state index contributed by atoms with van der Waals surface area (Å²) in [6, 6.07) is 7.47. The molecule has 1 aromatic heterocycles. The van der Waals surface area contributed by atoms with Crippen LogP contribution in [0, 0.1) is 6.92 Å². The zero-order valence-corrected chi connectivity index (χ0v) is 18.0. The van der Waals surface area contributed by atoms with E-state index < -0.39 is 0 Å². The fourth-order valence-corrected chi connectivity index (χ4v) is 3.74. The minimum atomic E-state index is -0.235. The molecule has 2 N–H and O–H groups in total. The van der Waals surface area contributed by atoms with E-state index in [1.165, 1.54) is 0 Å². The van der Waals surface area contributed by atoms with E-state index in [4.69, 9.17) is 0 Å². The lowest BCUT2D eigenvalue weighted by atomic mass is 10.0. The van der Waals surface area contributed by atoms with Crippen molar-refractivity contribution in [2.45, 2.75) is 64.6 Å². The lowest BCUT2D eigenvalue weighted by molar-refractivity contribution is -0.113. The van der Waals surface area contributed by atoms with Crippen LogP contribution in [-0.2, 0) is 4.79 Å². The van der Waals surface area contributed by atoms with Crippen molar-refractivity contribution < 1.29 is 9.90 Å². The minimum absolute atomic E-state index is 0.0784. The van der Waals surface area contributed by atoms with E-state index in [2.05, 4.69) is 10.3 Å². The van der Waals surface area contributed by atoms with Crippen molar-refractivity contribution in [3.05, 3.63) is 45.7 Å². The molecule has 0 bridgehead atoms. The molecule has 6 nitrogen and oxygen atoms in total. The van der Waals surface area contributed by atoms with Crippen LogP contribution in [0.5, 0.6) is 5.88 Å². The zero-order valence-electron chi connectivity index (χ0n) is 17.2. The molecular weight excluding hydrogens is 374 g/mol. The van der Waals surface area contributed by atoms with Crippen LogP contribution in [-0.4, -0.2) is 26.3 Å². The summed E-state index contributed by atoms with van der Waals surface area (Å²) in [7, 11) is 0. The number of aryl methyl sites for hydroxylation is 1. The summed E-state index contributed by atoms with van der Waals surface area (Å²) in [6.45, 7) is 9.73. The molecule has 1 amide bonds. The van der Waals surface area contributed by atoms with Crippen molar-refractivity contribution in [2.75, 3.05) is 11.1 Å². The Labute approximate surface area is 170 Å². The van der Waals surface area contributed by atoms with Gasteiger partial charge < -0.3 is 10.4 Å². The van der Waals surface area contributed by atoms with Crippen molar-refractivity contribution >= 4 is 23.4 Å². The topological polar surface area (TPSA) is 84.2 Å². The number of nitrogens with zero attached hydrogens (tertiary/aromatic N) is 2. The monoisotopic (exact) mass is 403 g/mol. The Morgan fingerprint density at radius 2 is 1.93 bits per heavy atom. The average Bonchev–Trinajstić information content (AvgIpc) is 2.67. The van der Waals surface area contributed by atoms with E-state index in [1.807, 2.05) is 58.9 Å². The largest absolute Gasteiger partial charge is 0.493 e. The highest BCUT2D eigenvalue weighted by Crippen LogP contribution is 2.28. The molecule has 2 aromatic rings. The molecule has 0 radical (unpaired) electrons. The number of rotatable bonds is 8. The number of amides is 1. The Bertz CT molecular complexity index is 895. The Morgan fingerprint density at radius 1 is 1.25 bits per heavy atom. The molecule has 0 aliphatic carbocycles. The summed E-state index contributed by atoms with van der Waals surface area (Å²) < 4.78 is 1.60. The number of hydrogen-bond acceptors (Lipinski definition) is 5. The number of aromatic nitrogens is 2. The van der Waals surface area contributed by atoms with Gasteiger partial charge in [-0.15, -0.1) is 0 Å². The SMILES string of the molecule is CC[C@@H](C)n1c(SCC(=O)Nc2ccccc2C)nc(O)c([C@@H](C)CC)c1=O. The lowest BCUT2D eigenvalue weighted by Gasteiger charge is -2.20. The van der Waals surface area contributed by atoms with Crippen LogP contribution in [0.25, 0.3) is 0 Å². The van der Waals surface area contributed by atoms with Crippen molar-refractivity contribution in [2.24, 2.45) is 0 Å². The van der Waals surface area contributed by atoms with Crippen LogP contribution in [0.3, 0.4) is 0 Å². The summed E-state index contributed by atoms with van der Waals surface area (Å²) in [4.78, 5) is 29.7. The molecule has 0 aliphatic heterocycles. The summed E-state index contributed by atoms with van der Waals surface area (Å²) in [6.07, 6.45) is 1.48. The predicted molar refractivity (Wildman–Crippen MR) is 114 cm³/mol. The average molecular weight is 404 g/mol. The quantitative estimate of drug-likeness (QED) is 0.502. The maximum absolute atomic E-state index is 13.0. The normalized spacial score (nSPS) is 13.2. The Kier molecular flexibility index (Phi) is 7.69. The second kappa shape index (κ2) is 9.78. The number of para-hydroxylation sites is 1. The summed E-state index contributed by atoms with van der Waals surface area (Å²) >= 11 is 1.16. The van der Waals surface area contributed by atoms with Crippen LogP contribution in [0.15, 0.2) is 34.2 Å². The van der Waals surface area contributed by atoms with Gasteiger partial charge in [-0.05, 0) is 44.2 Å². The van der Waals surface area contributed by atoms with Gasteiger partial charge in [0.15, 0.2) is 5.16 Å². The standard InChI is InChI=1S/C21H29N3O3S/c1-6-13(3)18-19(26)23-21(24(20(18)27)15(5)7-2)28-12-17(25)22-16-11-9-8-10-14(16)4/h8-11,13,15,26H,6-7,12H2,1-5H3,(H,22,25)/t13-,15+/m0/s1. The molecule has 152 valence electrons. The molecule has 0 spiro atoms. The van der Waals surface area contributed by atoms with Crippen LogP contribution < -0.4 is 10.9 Å². The predicted octanol–water partition coefficient (Wildman–Crippen LogP) is 4.47. The first-order valence-electron chi connectivity index (χ1n) is 9.63. The number of carbonyl (C=O) groups is 1. The smallest absolute Gasteiger partial charge is 0.261 e. The van der Waals surface area contributed by atoms with Crippen molar-refractivity contribution in [1.29, 1.82) is 0 Å². The third-order valence-corrected chi connectivity index (χ3v) is 5.94. The number of benzene rings is 1. The van der Waals surface area contributed by atoms with E-state index in [0.717, 1.165) is 35.9 Å². The molecule has 28 heavy (non-hydrogen) atoms. The third-order valence-electron chi connectivity index (χ3n) is 4.99. The molecule has 7 heteroatoms. The minimum Gasteiger partial charge on any atom is -0.493 e. The number of aromatic hydroxyl groups is 1. The molecular formula is C21H29N3O3S. The molecule has 1 heterocycles. The van der Waals surface area contributed by atoms with Gasteiger partial charge in [0.1, 0.15) is 0 Å². The summed E-state index contributed by atoms with van der Waals surface area (Å²) in [5.41, 5.74) is 1.86. The highest BCUT2D eigenvalue weighted by atomic mass is 32.2. The number of carbonyl (C=O) groups excluding carboxylic acids is 1. The van der Waals surface area contributed by atoms with E-state index in [0.29, 0.717) is 10.7 Å². The second-order valence-electron chi connectivity index (χ2n) is 7.03. The van der Waals surface area contributed by atoms with E-state index in [-0.39, 0.29) is 35.1 Å². The van der Waals surface area contributed by atoms with Crippen LogP contribution in [0.1, 0.15) is 63.6 Å². The number of nitrogens with one attached hydrogen (secondary N) is 1. The van der Waals surface area contributed by atoms with Gasteiger partial charge in [0.2, 0.25) is 11.8 Å². The third kappa shape index (κ3) is 4.95. The van der Waals surface area contributed by atoms with Gasteiger partial charge in [-0.2, -0.15) is 4.98 Å². The maximum Gasteiger partial charge on any atom is 0.261 e. The van der Waals surface area contributed by atoms with Crippen LogP contribution in [0.2, 0.25) is 0 Å². The van der Waals surface area contributed by atoms with Crippen LogP contribution in [0.4, 0.5) is 5.69 Å². The van der Waals surface area contributed by atoms with Gasteiger partial charge in [0.25, 0.3) is 5.56 Å². The molecule has 2 rings (SSSR count). The highest BCUT2D eigenvalue weighted by Gasteiger charge is 2.23. The van der Waals surface area contributed by atoms with Gasteiger partial charge in [-0.25, -0.2) is 0 Å². The van der Waals surface area contributed by atoms with Gasteiger partial charge in [0.05, 0.1) is 11.3 Å². The highest BCUT2D eigenvalue weighted by molar-refractivity contribution is 7.99. The Morgan fingerprint density at radius 3 is 2.54 bits per heavy atom. The van der Waals surface area contributed by atoms with Crippen molar-refractivity contribution in [1.82, 2.24) is 9.55 Å². The maximum atomic E-state index is 13.0. The molecule has 0 saturated heterocycles. The number of thioether (sulfide) groups is 1. The molecule has 0 aliphatic rings. The van der Waals surface area contributed by atoms with Crippen molar-refractivity contribution in [3.63, 3.8) is 0 Å². The summed E-state index contributed by atoms with van der Waals surface area (Å²) in [5.74, 6) is -0.409. The molecule has 0 fully saturated rings. The van der Waals surface area contributed by atoms with Gasteiger partial charge in [-0.1, -0.05) is 50.7 Å². The molecule has 0 saturated carbocycles. The first kappa shape index (κ1) is 22.0. The summed E-state index contributed by atoms with van der Waals surface area (Å²) in [5, 5.41) is 13.6. The Hall–Kier alpha value is -2.28. The van der Waals surface area contributed by atoms with Gasteiger partial charge in [-0.3, -0.25) is 14.2 Å². The second-order valence-corrected chi connectivity index (χ2v) is 7.97. The first-order chi connectivity index (χ1) is 13.3. The van der Waals surface area contributed by atoms with E-state index >= 15 is 0 Å². The fourth-order valence-electron chi connectivity index (χ4n) is 2.85. The van der Waals surface area contributed by atoms with E-state index in [1.54, 1.807) is 4.57 Å². The lowest BCUT2D eigenvalue weighted by Crippen LogP contribution is -2.30. The Balaban J connectivity index is 2.28.